The van der Waals surface area contributed by atoms with Crippen molar-refractivity contribution < 1.29 is 9.59 Å². The average Bonchev–Trinajstić information content (AvgIpc) is 2.99. The van der Waals surface area contributed by atoms with Gasteiger partial charge in [0.2, 0.25) is 0 Å². The first-order valence-corrected chi connectivity index (χ1v) is 8.81. The van der Waals surface area contributed by atoms with Gasteiger partial charge >= 0.3 is 0 Å². The Balaban J connectivity index is 1.85. The van der Waals surface area contributed by atoms with Gasteiger partial charge in [0.25, 0.3) is 0 Å². The lowest BCUT2D eigenvalue weighted by Gasteiger charge is -2.22. The molecule has 0 aliphatic heterocycles. The fourth-order valence-electron chi connectivity index (χ4n) is 3.41. The maximum atomic E-state index is 12.7. The van der Waals surface area contributed by atoms with E-state index in [1.807, 2.05) is 54.6 Å². The van der Waals surface area contributed by atoms with Crippen LogP contribution in [0, 0.1) is 5.92 Å². The Morgan fingerprint density at radius 1 is 1.09 bits per heavy atom. The summed E-state index contributed by atoms with van der Waals surface area (Å²) in [7, 11) is 0. The Kier molecular flexibility index (Phi) is 5.06. The Morgan fingerprint density at radius 3 is 2.39 bits per heavy atom. The summed E-state index contributed by atoms with van der Waals surface area (Å²) >= 11 is 3.39. The lowest BCUT2D eigenvalue weighted by atomic mass is 9.80. The molecular weight excluding hydrogens is 352 g/mol. The number of rotatable bonds is 5. The molecule has 0 aromatic heterocycles. The molecule has 2 nitrogen and oxygen atoms in total. The summed E-state index contributed by atoms with van der Waals surface area (Å²) < 4.78 is 0.958. The molecule has 2 aromatic carbocycles. The number of hydrogen-bond donors (Lipinski definition) is 0. The molecule has 3 rings (SSSR count). The SMILES string of the molecule is O=C(C[C@@H](c1ccccc1)[C@@H]1CCCC1=O)c1ccc(Br)cc1. The Hall–Kier alpha value is -1.74. The number of benzene rings is 2. The van der Waals surface area contributed by atoms with Crippen molar-refractivity contribution in [1.82, 2.24) is 0 Å². The van der Waals surface area contributed by atoms with Crippen molar-refractivity contribution in [1.29, 1.82) is 0 Å². The molecule has 2 aromatic rings. The van der Waals surface area contributed by atoms with Crippen molar-refractivity contribution in [2.75, 3.05) is 0 Å². The molecule has 2 atom stereocenters. The Bertz CT molecular complexity index is 691. The minimum atomic E-state index is -0.0169. The molecule has 0 saturated heterocycles. The summed E-state index contributed by atoms with van der Waals surface area (Å²) in [5.41, 5.74) is 1.80. The van der Waals surface area contributed by atoms with Crippen molar-refractivity contribution in [2.45, 2.75) is 31.6 Å². The smallest absolute Gasteiger partial charge is 0.163 e. The second-order valence-corrected chi connectivity index (χ2v) is 7.03. The zero-order valence-corrected chi connectivity index (χ0v) is 14.5. The fraction of sp³-hybridized carbons (Fsp3) is 0.300. The van der Waals surface area contributed by atoms with Gasteiger partial charge in [-0.15, -0.1) is 0 Å². The summed E-state index contributed by atoms with van der Waals surface area (Å²) in [6, 6.07) is 17.4. The van der Waals surface area contributed by atoms with E-state index < -0.39 is 0 Å². The topological polar surface area (TPSA) is 34.1 Å². The molecule has 0 amide bonds. The summed E-state index contributed by atoms with van der Waals surface area (Å²) in [4.78, 5) is 24.9. The normalized spacial score (nSPS) is 18.8. The predicted octanol–water partition coefficient (Wildman–Crippen LogP) is 5.17. The number of halogens is 1. The zero-order chi connectivity index (χ0) is 16.2. The first-order chi connectivity index (χ1) is 11.1. The highest BCUT2D eigenvalue weighted by Crippen LogP contribution is 2.38. The minimum Gasteiger partial charge on any atom is -0.299 e. The van der Waals surface area contributed by atoms with Crippen LogP contribution in [0.4, 0.5) is 0 Å². The van der Waals surface area contributed by atoms with Gasteiger partial charge in [0.05, 0.1) is 0 Å². The second-order valence-electron chi connectivity index (χ2n) is 6.12. The van der Waals surface area contributed by atoms with Crippen molar-refractivity contribution in [2.24, 2.45) is 5.92 Å². The Labute approximate surface area is 145 Å². The average molecular weight is 371 g/mol. The van der Waals surface area contributed by atoms with Crippen molar-refractivity contribution >= 4 is 27.5 Å². The molecular formula is C20H19BrO2. The summed E-state index contributed by atoms with van der Waals surface area (Å²) in [5.74, 6) is 0.382. The number of carbonyl (C=O) groups is 2. The highest BCUT2D eigenvalue weighted by Gasteiger charge is 2.34. The number of carbonyl (C=O) groups excluding carboxylic acids is 2. The van der Waals surface area contributed by atoms with Gasteiger partial charge in [-0.05, 0) is 30.5 Å². The van der Waals surface area contributed by atoms with Crippen LogP contribution in [0.15, 0.2) is 59.1 Å². The molecule has 1 aliphatic rings. The maximum absolute atomic E-state index is 12.7. The van der Waals surface area contributed by atoms with Gasteiger partial charge in [0.15, 0.2) is 5.78 Å². The van der Waals surface area contributed by atoms with Crippen LogP contribution >= 0.6 is 15.9 Å². The van der Waals surface area contributed by atoms with E-state index in [9.17, 15) is 9.59 Å². The molecule has 1 fully saturated rings. The van der Waals surface area contributed by atoms with E-state index in [0.29, 0.717) is 24.2 Å². The molecule has 23 heavy (non-hydrogen) atoms. The minimum absolute atomic E-state index is 0.0117. The van der Waals surface area contributed by atoms with E-state index in [4.69, 9.17) is 0 Å². The Morgan fingerprint density at radius 2 is 1.78 bits per heavy atom. The fourth-order valence-corrected chi connectivity index (χ4v) is 3.68. The van der Waals surface area contributed by atoms with E-state index >= 15 is 0 Å². The van der Waals surface area contributed by atoms with Crippen molar-refractivity contribution in [3.63, 3.8) is 0 Å². The predicted molar refractivity (Wildman–Crippen MR) is 94.6 cm³/mol. The second kappa shape index (κ2) is 7.22. The summed E-state index contributed by atoms with van der Waals surface area (Å²) in [6.45, 7) is 0. The van der Waals surface area contributed by atoms with Gasteiger partial charge in [-0.3, -0.25) is 9.59 Å². The molecule has 0 bridgehead atoms. The molecule has 0 radical (unpaired) electrons. The van der Waals surface area contributed by atoms with Crippen LogP contribution in [0.2, 0.25) is 0 Å². The standard InChI is InChI=1S/C20H19BrO2/c21-16-11-9-15(10-12-16)20(23)13-18(14-5-2-1-3-6-14)17-7-4-8-19(17)22/h1-3,5-6,9-12,17-18H,4,7-8,13H2/t17-,18-/m0/s1. The van der Waals surface area contributed by atoms with Crippen LogP contribution in [0.5, 0.6) is 0 Å². The third-order valence-electron chi connectivity index (χ3n) is 4.64. The van der Waals surface area contributed by atoms with E-state index in [2.05, 4.69) is 15.9 Å². The third-order valence-corrected chi connectivity index (χ3v) is 5.17. The highest BCUT2D eigenvalue weighted by molar-refractivity contribution is 9.10. The lowest BCUT2D eigenvalue weighted by Crippen LogP contribution is -2.20. The molecule has 0 heterocycles. The maximum Gasteiger partial charge on any atom is 0.163 e. The number of Topliss-reactive ketones (excluding diaryl/α,β-unsaturated/α-hetero) is 2. The molecule has 3 heteroatoms. The zero-order valence-electron chi connectivity index (χ0n) is 12.9. The van der Waals surface area contributed by atoms with Crippen LogP contribution in [-0.2, 0) is 4.79 Å². The number of hydrogen-bond acceptors (Lipinski definition) is 2. The van der Waals surface area contributed by atoms with E-state index in [-0.39, 0.29) is 17.6 Å². The summed E-state index contributed by atoms with van der Waals surface area (Å²) in [5, 5.41) is 0. The quantitative estimate of drug-likeness (QED) is 0.679. The van der Waals surface area contributed by atoms with E-state index in [1.165, 1.54) is 0 Å². The van der Waals surface area contributed by atoms with Crippen molar-refractivity contribution in [3.8, 4) is 0 Å². The van der Waals surface area contributed by atoms with Gasteiger partial charge in [-0.1, -0.05) is 58.4 Å². The van der Waals surface area contributed by atoms with Crippen LogP contribution < -0.4 is 0 Å². The van der Waals surface area contributed by atoms with Crippen LogP contribution in [0.3, 0.4) is 0 Å². The van der Waals surface area contributed by atoms with Gasteiger partial charge < -0.3 is 0 Å². The van der Waals surface area contributed by atoms with Crippen LogP contribution in [0.25, 0.3) is 0 Å². The first kappa shape index (κ1) is 16.1. The third kappa shape index (κ3) is 3.78. The number of ketones is 2. The van der Waals surface area contributed by atoms with Crippen LogP contribution in [0.1, 0.15) is 47.5 Å². The van der Waals surface area contributed by atoms with Gasteiger partial charge in [-0.25, -0.2) is 0 Å². The van der Waals surface area contributed by atoms with Crippen molar-refractivity contribution in [3.05, 3.63) is 70.2 Å². The largest absolute Gasteiger partial charge is 0.299 e. The van der Waals surface area contributed by atoms with Gasteiger partial charge in [0.1, 0.15) is 5.78 Å². The van der Waals surface area contributed by atoms with Crippen LogP contribution in [-0.4, -0.2) is 11.6 Å². The molecule has 118 valence electrons. The lowest BCUT2D eigenvalue weighted by molar-refractivity contribution is -0.121. The van der Waals surface area contributed by atoms with E-state index in [0.717, 1.165) is 22.9 Å². The molecule has 0 unspecified atom stereocenters. The van der Waals surface area contributed by atoms with Gasteiger partial charge in [-0.2, -0.15) is 0 Å². The van der Waals surface area contributed by atoms with Gasteiger partial charge in [0, 0.05) is 34.7 Å². The molecule has 1 aliphatic carbocycles. The first-order valence-electron chi connectivity index (χ1n) is 8.01. The monoisotopic (exact) mass is 370 g/mol. The summed E-state index contributed by atoms with van der Waals surface area (Å²) in [6.07, 6.45) is 2.88. The van der Waals surface area contributed by atoms with E-state index in [1.54, 1.807) is 0 Å². The molecule has 0 N–H and O–H groups in total. The molecule has 1 saturated carbocycles. The highest BCUT2D eigenvalue weighted by atomic mass is 79.9. The molecule has 0 spiro atoms.